The van der Waals surface area contributed by atoms with Gasteiger partial charge in [-0.2, -0.15) is 17.6 Å². The molecule has 0 bridgehead atoms. The fourth-order valence-electron chi connectivity index (χ4n) is 1.15. The lowest BCUT2D eigenvalue weighted by molar-refractivity contribution is -0.253. The summed E-state index contributed by atoms with van der Waals surface area (Å²) in [6.45, 7) is 4.85. The summed E-state index contributed by atoms with van der Waals surface area (Å²) >= 11 is 0. The molecule has 0 aliphatic carbocycles. The van der Waals surface area contributed by atoms with Crippen LogP contribution in [0.25, 0.3) is 0 Å². The second kappa shape index (κ2) is 5.20. The number of Topliss-reactive ketones (excluding diaryl/α,β-unsaturated/α-hetero) is 1. The van der Waals surface area contributed by atoms with E-state index in [1.54, 1.807) is 0 Å². The summed E-state index contributed by atoms with van der Waals surface area (Å²) < 4.78 is 53.0. The van der Waals surface area contributed by atoms with Gasteiger partial charge in [-0.25, -0.2) is 0 Å². The predicted molar refractivity (Wildman–Crippen MR) is 57.2 cm³/mol. The molecule has 0 aromatic heterocycles. The van der Waals surface area contributed by atoms with Gasteiger partial charge in [0.2, 0.25) is 0 Å². The van der Waals surface area contributed by atoms with E-state index in [1.807, 2.05) is 0 Å². The molecule has 0 aliphatic rings. The van der Waals surface area contributed by atoms with Gasteiger partial charge in [-0.1, -0.05) is 18.7 Å². The van der Waals surface area contributed by atoms with Crippen LogP contribution in [0.5, 0.6) is 5.75 Å². The van der Waals surface area contributed by atoms with Crippen molar-refractivity contribution in [2.45, 2.75) is 19.5 Å². The summed E-state index contributed by atoms with van der Waals surface area (Å²) in [7, 11) is 0. The van der Waals surface area contributed by atoms with Crippen LogP contribution in [-0.4, -0.2) is 18.3 Å². The maximum absolute atomic E-state index is 12.6. The molecular weight excluding hydrogens is 252 g/mol. The van der Waals surface area contributed by atoms with Crippen molar-refractivity contribution in [3.63, 3.8) is 0 Å². The Labute approximate surface area is 101 Å². The lowest BCUT2D eigenvalue weighted by Gasteiger charge is -2.17. The summed E-state index contributed by atoms with van der Waals surface area (Å²) in [5, 5.41) is 0. The van der Waals surface area contributed by atoms with Gasteiger partial charge in [0, 0.05) is 5.56 Å². The van der Waals surface area contributed by atoms with Crippen LogP contribution >= 0.6 is 0 Å². The highest BCUT2D eigenvalue weighted by Gasteiger charge is 2.44. The van der Waals surface area contributed by atoms with Crippen LogP contribution in [0, 0.1) is 0 Å². The molecular formula is C12H10F4O2. The minimum absolute atomic E-state index is 0.0464. The first-order valence-electron chi connectivity index (χ1n) is 4.89. The molecule has 18 heavy (non-hydrogen) atoms. The Balaban J connectivity index is 2.96. The molecule has 1 rings (SSSR count). The van der Waals surface area contributed by atoms with Gasteiger partial charge in [0.25, 0.3) is 0 Å². The lowest BCUT2D eigenvalue weighted by Crippen LogP contribution is -2.33. The van der Waals surface area contributed by atoms with E-state index in [9.17, 15) is 22.4 Å². The van der Waals surface area contributed by atoms with E-state index in [-0.39, 0.29) is 11.1 Å². The van der Waals surface area contributed by atoms with Crippen molar-refractivity contribution in [1.82, 2.24) is 0 Å². The Bertz CT molecular complexity index is 469. The molecule has 0 fully saturated rings. The second-order valence-corrected chi connectivity index (χ2v) is 3.60. The fraction of sp³-hybridized carbons (Fsp3) is 0.250. The normalized spacial score (nSPS) is 11.4. The van der Waals surface area contributed by atoms with Crippen LogP contribution in [-0.2, 0) is 0 Å². The zero-order chi connectivity index (χ0) is 13.9. The Morgan fingerprint density at radius 1 is 1.39 bits per heavy atom. The van der Waals surface area contributed by atoms with Gasteiger partial charge in [0.05, 0.1) is 0 Å². The largest absolute Gasteiger partial charge is 0.461 e. The standard InChI is InChI=1S/C12H10F4O2/c1-7(2)10(17)8-4-3-5-9(6-8)18-12(15,16)11(13)14/h3-6,11H,1H2,2H3. The molecule has 2 nitrogen and oxygen atoms in total. The SMILES string of the molecule is C=C(C)C(=O)c1cccc(OC(F)(F)C(F)F)c1. The summed E-state index contributed by atoms with van der Waals surface area (Å²) in [6.07, 6.45) is -8.54. The third-order valence-corrected chi connectivity index (χ3v) is 1.99. The topological polar surface area (TPSA) is 26.3 Å². The van der Waals surface area contributed by atoms with Crippen molar-refractivity contribution in [3.05, 3.63) is 42.0 Å². The summed E-state index contributed by atoms with van der Waals surface area (Å²) in [5.41, 5.74) is 0.248. The smallest absolute Gasteiger partial charge is 0.428 e. The highest BCUT2D eigenvalue weighted by atomic mass is 19.3. The quantitative estimate of drug-likeness (QED) is 0.459. The fourth-order valence-corrected chi connectivity index (χ4v) is 1.15. The van der Waals surface area contributed by atoms with E-state index in [1.165, 1.54) is 19.1 Å². The number of halogens is 4. The van der Waals surface area contributed by atoms with E-state index in [0.717, 1.165) is 12.1 Å². The van der Waals surface area contributed by atoms with Gasteiger partial charge in [-0.3, -0.25) is 4.79 Å². The first-order chi connectivity index (χ1) is 8.24. The maximum Gasteiger partial charge on any atom is 0.461 e. The van der Waals surface area contributed by atoms with Crippen molar-refractivity contribution in [2.24, 2.45) is 0 Å². The minimum Gasteiger partial charge on any atom is -0.428 e. The number of ether oxygens (including phenoxy) is 1. The third-order valence-electron chi connectivity index (χ3n) is 1.99. The molecule has 0 atom stereocenters. The molecule has 0 N–H and O–H groups in total. The molecule has 0 unspecified atom stereocenters. The van der Waals surface area contributed by atoms with Gasteiger partial charge in [0.1, 0.15) is 5.75 Å². The zero-order valence-electron chi connectivity index (χ0n) is 9.42. The highest BCUT2D eigenvalue weighted by molar-refractivity contribution is 6.08. The molecule has 1 aromatic rings. The number of rotatable bonds is 5. The van der Waals surface area contributed by atoms with Crippen LogP contribution in [0.1, 0.15) is 17.3 Å². The lowest BCUT2D eigenvalue weighted by atomic mass is 10.1. The number of hydrogen-bond acceptors (Lipinski definition) is 2. The van der Waals surface area contributed by atoms with Gasteiger partial charge < -0.3 is 4.74 Å². The molecule has 0 saturated carbocycles. The van der Waals surface area contributed by atoms with Gasteiger partial charge in [-0.15, -0.1) is 0 Å². The first kappa shape index (κ1) is 14.2. The van der Waals surface area contributed by atoms with Crippen molar-refractivity contribution >= 4 is 5.78 Å². The van der Waals surface area contributed by atoms with Crippen LogP contribution in [0.4, 0.5) is 17.6 Å². The molecule has 98 valence electrons. The molecule has 0 saturated heterocycles. The van der Waals surface area contributed by atoms with E-state index < -0.39 is 24.1 Å². The Morgan fingerprint density at radius 2 is 2.00 bits per heavy atom. The molecule has 0 radical (unpaired) electrons. The predicted octanol–water partition coefficient (Wildman–Crippen LogP) is 3.68. The molecule has 1 aromatic carbocycles. The summed E-state index contributed by atoms with van der Waals surface area (Å²) in [5.74, 6) is -0.979. The number of alkyl halides is 4. The van der Waals surface area contributed by atoms with Crippen molar-refractivity contribution in [1.29, 1.82) is 0 Å². The van der Waals surface area contributed by atoms with Gasteiger partial charge >= 0.3 is 12.5 Å². The van der Waals surface area contributed by atoms with E-state index in [2.05, 4.69) is 11.3 Å². The molecule has 0 heterocycles. The van der Waals surface area contributed by atoms with Gasteiger partial charge in [0.15, 0.2) is 5.78 Å². The highest BCUT2D eigenvalue weighted by Crippen LogP contribution is 2.28. The number of carbonyl (C=O) groups is 1. The van der Waals surface area contributed by atoms with Crippen molar-refractivity contribution < 1.29 is 27.1 Å². The first-order valence-corrected chi connectivity index (χ1v) is 4.89. The monoisotopic (exact) mass is 262 g/mol. The number of benzene rings is 1. The van der Waals surface area contributed by atoms with Crippen molar-refractivity contribution in [2.75, 3.05) is 0 Å². The Hall–Kier alpha value is -1.85. The number of allylic oxidation sites excluding steroid dienone is 1. The average molecular weight is 262 g/mol. The van der Waals surface area contributed by atoms with E-state index in [0.29, 0.717) is 0 Å². The minimum atomic E-state index is -4.59. The van der Waals surface area contributed by atoms with Gasteiger partial charge in [-0.05, 0) is 24.6 Å². The molecule has 0 spiro atoms. The number of carbonyl (C=O) groups excluding carboxylic acids is 1. The number of ketones is 1. The second-order valence-electron chi connectivity index (χ2n) is 3.60. The van der Waals surface area contributed by atoms with Crippen LogP contribution in [0.2, 0.25) is 0 Å². The van der Waals surface area contributed by atoms with Crippen LogP contribution in [0.3, 0.4) is 0 Å². The van der Waals surface area contributed by atoms with Crippen molar-refractivity contribution in [3.8, 4) is 5.75 Å². The Kier molecular flexibility index (Phi) is 4.11. The zero-order valence-corrected chi connectivity index (χ0v) is 9.42. The molecule has 0 aliphatic heterocycles. The average Bonchev–Trinajstić information content (AvgIpc) is 2.27. The van der Waals surface area contributed by atoms with Crippen LogP contribution < -0.4 is 4.74 Å². The molecule has 6 heteroatoms. The number of hydrogen-bond donors (Lipinski definition) is 0. The maximum atomic E-state index is 12.6. The van der Waals surface area contributed by atoms with E-state index >= 15 is 0 Å². The molecule has 0 amide bonds. The third kappa shape index (κ3) is 3.32. The van der Waals surface area contributed by atoms with Crippen LogP contribution in [0.15, 0.2) is 36.4 Å². The summed E-state index contributed by atoms with van der Waals surface area (Å²) in [4.78, 5) is 11.5. The summed E-state index contributed by atoms with van der Waals surface area (Å²) in [6, 6.07) is 4.64. The van der Waals surface area contributed by atoms with E-state index in [4.69, 9.17) is 0 Å². The Morgan fingerprint density at radius 3 is 2.50 bits per heavy atom.